The Hall–Kier alpha value is -2.84. The van der Waals surface area contributed by atoms with Crippen LogP contribution in [0, 0.1) is 0 Å². The summed E-state index contributed by atoms with van der Waals surface area (Å²) < 4.78 is 6.92. The summed E-state index contributed by atoms with van der Waals surface area (Å²) in [5, 5.41) is 3.62. The van der Waals surface area contributed by atoms with Crippen molar-refractivity contribution < 1.29 is 9.53 Å². The molecule has 4 rings (SSSR count). The minimum Gasteiger partial charge on any atom is -0.383 e. The molecule has 2 aromatic carbocycles. The lowest BCUT2D eigenvalue weighted by molar-refractivity contribution is -0.115. The average molecular weight is 481 g/mol. The third kappa shape index (κ3) is 5.45. The Bertz CT molecular complexity index is 1190. The number of aromatic nitrogens is 2. The number of para-hydroxylation sites is 1. The fraction of sp³-hybridized carbons (Fsp3) is 0.423. The number of ether oxygens (including phenoxy) is 1. The first-order valence-electron chi connectivity index (χ1n) is 11.8. The van der Waals surface area contributed by atoms with Crippen LogP contribution in [0.3, 0.4) is 0 Å². The van der Waals surface area contributed by atoms with E-state index in [1.54, 1.807) is 17.7 Å². The molecule has 1 aliphatic heterocycles. The summed E-state index contributed by atoms with van der Waals surface area (Å²) in [5.41, 5.74) is 2.45. The van der Waals surface area contributed by atoms with Crippen molar-refractivity contribution in [3.63, 3.8) is 0 Å². The molecule has 0 spiro atoms. The summed E-state index contributed by atoms with van der Waals surface area (Å²) in [6.45, 7) is 6.29. The highest BCUT2D eigenvalue weighted by molar-refractivity contribution is 8.00. The van der Waals surface area contributed by atoms with Crippen LogP contribution in [0.25, 0.3) is 10.9 Å². The molecule has 34 heavy (non-hydrogen) atoms. The summed E-state index contributed by atoms with van der Waals surface area (Å²) in [7, 11) is 1.61. The fourth-order valence-corrected chi connectivity index (χ4v) is 5.29. The zero-order valence-electron chi connectivity index (χ0n) is 20.0. The average Bonchev–Trinajstić information content (AvgIpc) is 2.85. The number of fused-ring (bicyclic) bond motifs is 1. The second-order valence-corrected chi connectivity index (χ2v) is 10.0. The second-order valence-electron chi connectivity index (χ2n) is 8.73. The van der Waals surface area contributed by atoms with Gasteiger partial charge < -0.3 is 15.0 Å². The van der Waals surface area contributed by atoms with Gasteiger partial charge in [0, 0.05) is 31.6 Å². The molecular formula is C26H32N4O3S. The third-order valence-electron chi connectivity index (χ3n) is 6.13. The number of methoxy groups -OCH3 is 1. The van der Waals surface area contributed by atoms with Crippen molar-refractivity contribution in [1.29, 1.82) is 0 Å². The van der Waals surface area contributed by atoms with Crippen molar-refractivity contribution in [1.82, 2.24) is 9.55 Å². The van der Waals surface area contributed by atoms with Crippen LogP contribution in [0.5, 0.6) is 0 Å². The van der Waals surface area contributed by atoms with Crippen LogP contribution >= 0.6 is 11.8 Å². The van der Waals surface area contributed by atoms with Crippen LogP contribution < -0.4 is 15.8 Å². The lowest BCUT2D eigenvalue weighted by Crippen LogP contribution is -2.30. The first-order valence-corrected chi connectivity index (χ1v) is 12.7. The number of thioether (sulfide) groups is 1. The highest BCUT2D eigenvalue weighted by Gasteiger charge is 2.22. The lowest BCUT2D eigenvalue weighted by Gasteiger charge is -2.28. The van der Waals surface area contributed by atoms with Crippen LogP contribution in [0.1, 0.15) is 39.2 Å². The number of piperidine rings is 1. The van der Waals surface area contributed by atoms with Gasteiger partial charge >= 0.3 is 0 Å². The first-order chi connectivity index (χ1) is 16.5. The van der Waals surface area contributed by atoms with Gasteiger partial charge in [-0.3, -0.25) is 14.2 Å². The molecule has 8 heteroatoms. The number of benzene rings is 2. The summed E-state index contributed by atoms with van der Waals surface area (Å²) in [4.78, 5) is 33.3. The molecule has 180 valence electrons. The maximum atomic E-state index is 13.2. The summed E-state index contributed by atoms with van der Waals surface area (Å²) in [6, 6.07) is 15.1. The van der Waals surface area contributed by atoms with Gasteiger partial charge in [0.25, 0.3) is 5.56 Å². The van der Waals surface area contributed by atoms with Gasteiger partial charge in [-0.25, -0.2) is 4.98 Å². The quantitative estimate of drug-likeness (QED) is 0.372. The number of nitrogens with zero attached hydrogens (tertiary/aromatic N) is 3. The zero-order chi connectivity index (χ0) is 24.1. The molecule has 3 aromatic rings. The topological polar surface area (TPSA) is 76.5 Å². The minimum absolute atomic E-state index is 0.126. The Labute approximate surface area is 204 Å². The number of carbonyl (C=O) groups excluding carboxylic acids is 1. The molecule has 2 unspecified atom stereocenters. The smallest absolute Gasteiger partial charge is 0.262 e. The van der Waals surface area contributed by atoms with Crippen molar-refractivity contribution >= 4 is 39.9 Å². The molecule has 1 aromatic heterocycles. The predicted molar refractivity (Wildman–Crippen MR) is 139 cm³/mol. The van der Waals surface area contributed by atoms with Gasteiger partial charge in [0.05, 0.1) is 28.8 Å². The van der Waals surface area contributed by atoms with Crippen molar-refractivity contribution in [2.24, 2.45) is 0 Å². The molecule has 2 atom stereocenters. The summed E-state index contributed by atoms with van der Waals surface area (Å²) in [6.07, 6.45) is 3.75. The van der Waals surface area contributed by atoms with E-state index in [1.807, 2.05) is 44.2 Å². The molecule has 1 N–H and O–H groups in total. The SMILES string of the molecule is COCC(C)n1c(SC(C)C(=O)Nc2ccc(N3CCCCC3)cc2)nc2ccccc2c1=O. The van der Waals surface area contributed by atoms with Crippen molar-refractivity contribution in [3.05, 3.63) is 58.9 Å². The van der Waals surface area contributed by atoms with Crippen molar-refractivity contribution in [2.45, 2.75) is 49.6 Å². The zero-order valence-corrected chi connectivity index (χ0v) is 20.8. The third-order valence-corrected chi connectivity index (χ3v) is 7.20. The van der Waals surface area contributed by atoms with Gasteiger partial charge in [-0.05, 0) is 69.5 Å². The van der Waals surface area contributed by atoms with Gasteiger partial charge in [-0.15, -0.1) is 0 Å². The molecule has 2 heterocycles. The number of hydrogen-bond donors (Lipinski definition) is 1. The van der Waals surface area contributed by atoms with E-state index in [9.17, 15) is 9.59 Å². The highest BCUT2D eigenvalue weighted by Crippen LogP contribution is 2.27. The van der Waals surface area contributed by atoms with E-state index < -0.39 is 5.25 Å². The van der Waals surface area contributed by atoms with Gasteiger partial charge in [0.2, 0.25) is 5.91 Å². The standard InChI is InChI=1S/C26H32N4O3S/c1-18(17-33-3)30-25(32)22-9-5-6-10-23(22)28-26(30)34-19(2)24(31)27-20-11-13-21(14-12-20)29-15-7-4-8-16-29/h5-6,9-14,18-19H,4,7-8,15-17H2,1-3H3,(H,27,31). The highest BCUT2D eigenvalue weighted by atomic mass is 32.2. The maximum absolute atomic E-state index is 13.2. The summed E-state index contributed by atoms with van der Waals surface area (Å²) in [5.74, 6) is -0.135. The van der Waals surface area contributed by atoms with Crippen LogP contribution in [0.2, 0.25) is 0 Å². The number of rotatable bonds is 8. The first kappa shape index (κ1) is 24.3. The lowest BCUT2D eigenvalue weighted by atomic mass is 10.1. The Morgan fingerprint density at radius 3 is 2.50 bits per heavy atom. The van der Waals surface area contributed by atoms with E-state index in [0.29, 0.717) is 22.7 Å². The maximum Gasteiger partial charge on any atom is 0.262 e. The van der Waals surface area contributed by atoms with E-state index >= 15 is 0 Å². The Morgan fingerprint density at radius 1 is 1.09 bits per heavy atom. The molecule has 1 amide bonds. The summed E-state index contributed by atoms with van der Waals surface area (Å²) >= 11 is 1.28. The Morgan fingerprint density at radius 2 is 1.79 bits per heavy atom. The number of nitrogens with one attached hydrogen (secondary N) is 1. The number of amides is 1. The van der Waals surface area contributed by atoms with E-state index in [0.717, 1.165) is 18.8 Å². The molecule has 0 radical (unpaired) electrons. The minimum atomic E-state index is -0.448. The molecule has 0 aliphatic carbocycles. The largest absolute Gasteiger partial charge is 0.383 e. The van der Waals surface area contributed by atoms with Crippen LogP contribution in [0.15, 0.2) is 58.5 Å². The Balaban J connectivity index is 1.50. The van der Waals surface area contributed by atoms with Crippen LogP contribution in [-0.2, 0) is 9.53 Å². The number of anilines is 2. The van der Waals surface area contributed by atoms with Gasteiger partial charge in [0.1, 0.15) is 0 Å². The molecule has 1 saturated heterocycles. The van der Waals surface area contributed by atoms with E-state index in [4.69, 9.17) is 9.72 Å². The van der Waals surface area contributed by atoms with Gasteiger partial charge in [-0.2, -0.15) is 0 Å². The fourth-order valence-electron chi connectivity index (χ4n) is 4.28. The predicted octanol–water partition coefficient (Wildman–Crippen LogP) is 4.71. The second kappa shape index (κ2) is 11.1. The van der Waals surface area contributed by atoms with Crippen molar-refractivity contribution in [3.8, 4) is 0 Å². The van der Waals surface area contributed by atoms with Gasteiger partial charge in [0.15, 0.2) is 5.16 Å². The van der Waals surface area contributed by atoms with Crippen LogP contribution in [0.4, 0.5) is 11.4 Å². The van der Waals surface area contributed by atoms with E-state index in [1.165, 1.54) is 36.7 Å². The normalized spacial score (nSPS) is 15.8. The number of carbonyl (C=O) groups is 1. The molecule has 0 bridgehead atoms. The van der Waals surface area contributed by atoms with Gasteiger partial charge in [-0.1, -0.05) is 23.9 Å². The van der Waals surface area contributed by atoms with E-state index in [2.05, 4.69) is 22.3 Å². The van der Waals surface area contributed by atoms with E-state index in [-0.39, 0.29) is 17.5 Å². The molecule has 1 fully saturated rings. The van der Waals surface area contributed by atoms with Crippen LogP contribution in [-0.4, -0.2) is 47.5 Å². The molecular weight excluding hydrogens is 448 g/mol. The Kier molecular flexibility index (Phi) is 7.90. The molecule has 0 saturated carbocycles. The molecule has 7 nitrogen and oxygen atoms in total. The molecule has 1 aliphatic rings. The monoisotopic (exact) mass is 480 g/mol. The number of hydrogen-bond acceptors (Lipinski definition) is 6. The van der Waals surface area contributed by atoms with Crippen molar-refractivity contribution in [2.75, 3.05) is 37.0 Å².